The second-order valence-electron chi connectivity index (χ2n) is 8.43. The maximum Gasteiger partial charge on any atom is 0.335 e. The molecule has 0 bridgehead atoms. The quantitative estimate of drug-likeness (QED) is 0.212. The number of hydrogen-bond acceptors (Lipinski definition) is 7. The van der Waals surface area contributed by atoms with Gasteiger partial charge in [0, 0.05) is 28.8 Å². The molecule has 3 aromatic carbocycles. The topological polar surface area (TPSA) is 176 Å². The molecule has 1 aromatic heterocycles. The summed E-state index contributed by atoms with van der Waals surface area (Å²) in [6.45, 7) is 0. The number of rotatable bonds is 10. The molecular formula is C27H21ClN6O6. The fourth-order valence-electron chi connectivity index (χ4n) is 3.73. The molecular weight excluding hydrogens is 540 g/mol. The monoisotopic (exact) mass is 560 g/mol. The van der Waals surface area contributed by atoms with Gasteiger partial charge in [-0.05, 0) is 76.7 Å². The highest BCUT2D eigenvalue weighted by molar-refractivity contribution is 6.30. The molecule has 4 aromatic rings. The molecule has 4 rings (SSSR count). The number of carbonyl (C=O) groups excluding carboxylic acids is 2. The highest BCUT2D eigenvalue weighted by Crippen LogP contribution is 2.20. The van der Waals surface area contributed by atoms with Crippen LogP contribution in [0.15, 0.2) is 79.1 Å². The minimum absolute atomic E-state index is 0.0210. The van der Waals surface area contributed by atoms with Gasteiger partial charge in [-0.15, -0.1) is 5.10 Å². The first-order chi connectivity index (χ1) is 19.2. The van der Waals surface area contributed by atoms with Crippen LogP contribution >= 0.6 is 11.6 Å². The van der Waals surface area contributed by atoms with Crippen molar-refractivity contribution in [3.8, 4) is 5.69 Å². The molecule has 4 N–H and O–H groups in total. The van der Waals surface area contributed by atoms with Gasteiger partial charge in [0.1, 0.15) is 12.4 Å². The van der Waals surface area contributed by atoms with Gasteiger partial charge in [-0.3, -0.25) is 9.59 Å². The number of anilines is 1. The van der Waals surface area contributed by atoms with Gasteiger partial charge in [0.05, 0.1) is 16.8 Å². The predicted molar refractivity (Wildman–Crippen MR) is 144 cm³/mol. The third kappa shape index (κ3) is 7.14. The van der Waals surface area contributed by atoms with Gasteiger partial charge in [-0.2, -0.15) is 4.68 Å². The number of carboxylic acid groups (broad SMARTS) is 2. The molecule has 202 valence electrons. The average Bonchev–Trinajstić information content (AvgIpc) is 3.47. The zero-order valence-corrected chi connectivity index (χ0v) is 21.3. The molecule has 0 saturated heterocycles. The number of carbonyl (C=O) groups is 4. The van der Waals surface area contributed by atoms with Crippen molar-refractivity contribution in [3.05, 3.63) is 106 Å². The van der Waals surface area contributed by atoms with Crippen molar-refractivity contribution in [1.82, 2.24) is 25.5 Å². The zero-order valence-electron chi connectivity index (χ0n) is 20.6. The number of hydrogen-bond donors (Lipinski definition) is 4. The first kappa shape index (κ1) is 27.7. The summed E-state index contributed by atoms with van der Waals surface area (Å²) < 4.78 is 1.40. The van der Waals surface area contributed by atoms with Crippen LogP contribution in [0, 0.1) is 0 Å². The number of halogens is 1. The normalized spacial score (nSPS) is 11.6. The Morgan fingerprint density at radius 2 is 1.70 bits per heavy atom. The summed E-state index contributed by atoms with van der Waals surface area (Å²) in [4.78, 5) is 48.6. The van der Waals surface area contributed by atoms with Crippen LogP contribution in [-0.2, 0) is 16.0 Å². The molecule has 0 aliphatic heterocycles. The lowest BCUT2D eigenvalue weighted by molar-refractivity contribution is -0.123. The molecule has 1 atom stereocenters. The first-order valence-electron chi connectivity index (χ1n) is 11.7. The summed E-state index contributed by atoms with van der Waals surface area (Å²) in [6.07, 6.45) is 4.07. The third-order valence-corrected chi connectivity index (χ3v) is 5.88. The Kier molecular flexibility index (Phi) is 8.62. The molecule has 0 radical (unpaired) electrons. The van der Waals surface area contributed by atoms with Crippen LogP contribution in [0.1, 0.15) is 31.8 Å². The van der Waals surface area contributed by atoms with Crippen molar-refractivity contribution in [2.45, 2.75) is 12.5 Å². The Labute approximate surface area is 231 Å². The van der Waals surface area contributed by atoms with Crippen LogP contribution < -0.4 is 10.6 Å². The molecule has 40 heavy (non-hydrogen) atoms. The molecule has 1 heterocycles. The summed E-state index contributed by atoms with van der Waals surface area (Å²) in [6, 6.07) is 15.3. The second kappa shape index (κ2) is 12.5. The van der Waals surface area contributed by atoms with Gasteiger partial charge in [0.15, 0.2) is 0 Å². The summed E-state index contributed by atoms with van der Waals surface area (Å²) in [7, 11) is 0. The molecule has 2 amide bonds. The van der Waals surface area contributed by atoms with Crippen LogP contribution in [0.4, 0.5) is 5.69 Å². The number of tetrazole rings is 1. The SMILES string of the molecule is O=C(/C=C/c1cc(Cl)ccc1-n1cnnn1)N[C@@H](Cc1cccc(C(=O)O)c1)C(=O)Nc1ccc(C(=O)O)cc1. The van der Waals surface area contributed by atoms with Gasteiger partial charge in [0.25, 0.3) is 0 Å². The van der Waals surface area contributed by atoms with Gasteiger partial charge >= 0.3 is 11.9 Å². The van der Waals surface area contributed by atoms with Crippen LogP contribution in [0.3, 0.4) is 0 Å². The highest BCUT2D eigenvalue weighted by Gasteiger charge is 2.22. The Morgan fingerprint density at radius 1 is 0.950 bits per heavy atom. The van der Waals surface area contributed by atoms with E-state index in [4.69, 9.17) is 16.7 Å². The van der Waals surface area contributed by atoms with Crippen molar-refractivity contribution >= 4 is 47.1 Å². The highest BCUT2D eigenvalue weighted by atomic mass is 35.5. The van der Waals surface area contributed by atoms with Crippen LogP contribution in [-0.4, -0.2) is 60.2 Å². The fraction of sp³-hybridized carbons (Fsp3) is 0.0741. The molecule has 0 saturated carbocycles. The number of aromatic carboxylic acids is 2. The van der Waals surface area contributed by atoms with Crippen LogP contribution in [0.5, 0.6) is 0 Å². The van der Waals surface area contributed by atoms with Gasteiger partial charge in [0.2, 0.25) is 11.8 Å². The number of carboxylic acids is 2. The van der Waals surface area contributed by atoms with Gasteiger partial charge in [-0.1, -0.05) is 23.7 Å². The minimum atomic E-state index is -1.13. The number of aromatic nitrogens is 4. The fourth-order valence-corrected chi connectivity index (χ4v) is 3.91. The summed E-state index contributed by atoms with van der Waals surface area (Å²) >= 11 is 6.13. The molecule has 0 aliphatic carbocycles. The van der Waals surface area contributed by atoms with Crippen LogP contribution in [0.2, 0.25) is 5.02 Å². The third-order valence-electron chi connectivity index (χ3n) is 5.65. The van der Waals surface area contributed by atoms with Crippen molar-refractivity contribution < 1.29 is 29.4 Å². The Bertz CT molecular complexity index is 1590. The standard InChI is InChI=1S/C27H21ClN6O6/c28-20-7-10-23(34-15-29-32-33-34)18(14-20)6-11-24(35)31-22(13-16-2-1-3-19(12-16)27(39)40)25(36)30-21-8-4-17(5-9-21)26(37)38/h1-12,14-15,22H,13H2,(H,30,36)(H,31,35)(H,37,38)(H,39,40)/b11-6+/t22-/m0/s1. The van der Waals surface area contributed by atoms with Crippen LogP contribution in [0.25, 0.3) is 11.8 Å². The lowest BCUT2D eigenvalue weighted by Gasteiger charge is -2.18. The van der Waals surface area contributed by atoms with Crippen molar-refractivity contribution in [2.75, 3.05) is 5.32 Å². The Hall–Kier alpha value is -5.36. The molecule has 12 nitrogen and oxygen atoms in total. The average molecular weight is 561 g/mol. The Balaban J connectivity index is 1.56. The van der Waals surface area contributed by atoms with E-state index in [1.165, 1.54) is 59.6 Å². The summed E-state index contributed by atoms with van der Waals surface area (Å²) in [5, 5.41) is 35.2. The van der Waals surface area contributed by atoms with Crippen molar-refractivity contribution in [1.29, 1.82) is 0 Å². The second-order valence-corrected chi connectivity index (χ2v) is 8.87. The van der Waals surface area contributed by atoms with Gasteiger partial charge < -0.3 is 20.8 Å². The maximum absolute atomic E-state index is 13.2. The minimum Gasteiger partial charge on any atom is -0.478 e. The number of benzene rings is 3. The van der Waals surface area contributed by atoms with E-state index in [-0.39, 0.29) is 17.5 Å². The largest absolute Gasteiger partial charge is 0.478 e. The van der Waals surface area contributed by atoms with E-state index < -0.39 is 29.8 Å². The van der Waals surface area contributed by atoms with E-state index in [1.54, 1.807) is 30.3 Å². The van der Waals surface area contributed by atoms with Crippen molar-refractivity contribution in [3.63, 3.8) is 0 Å². The van der Waals surface area contributed by atoms with Crippen molar-refractivity contribution in [2.24, 2.45) is 0 Å². The van der Waals surface area contributed by atoms with E-state index in [2.05, 4.69) is 26.2 Å². The lowest BCUT2D eigenvalue weighted by Crippen LogP contribution is -2.44. The van der Waals surface area contributed by atoms with E-state index in [0.29, 0.717) is 27.5 Å². The summed E-state index contributed by atoms with van der Waals surface area (Å²) in [5.74, 6) is -3.45. The molecule has 0 aliphatic rings. The molecule has 13 heteroatoms. The Morgan fingerprint density at radius 3 is 2.38 bits per heavy atom. The first-order valence-corrected chi connectivity index (χ1v) is 12.1. The zero-order chi connectivity index (χ0) is 28.6. The molecule has 0 spiro atoms. The summed E-state index contributed by atoms with van der Waals surface area (Å²) in [5.41, 5.74) is 1.98. The smallest absolute Gasteiger partial charge is 0.335 e. The number of nitrogens with zero attached hydrogens (tertiary/aromatic N) is 4. The maximum atomic E-state index is 13.2. The molecule has 0 fully saturated rings. The van der Waals surface area contributed by atoms with E-state index in [1.807, 2.05) is 0 Å². The van der Waals surface area contributed by atoms with E-state index in [9.17, 15) is 24.3 Å². The number of amides is 2. The van der Waals surface area contributed by atoms with E-state index in [0.717, 1.165) is 0 Å². The molecule has 0 unspecified atom stereocenters. The van der Waals surface area contributed by atoms with E-state index >= 15 is 0 Å². The number of nitrogens with one attached hydrogen (secondary N) is 2. The van der Waals surface area contributed by atoms with Gasteiger partial charge in [-0.25, -0.2) is 9.59 Å². The lowest BCUT2D eigenvalue weighted by atomic mass is 10.0. The predicted octanol–water partition coefficient (Wildman–Crippen LogP) is 3.09.